The number of nitrogens with one attached hydrogen (secondary N) is 1. The Morgan fingerprint density at radius 2 is 1.66 bits per heavy atom. The fraction of sp³-hybridized carbons (Fsp3) is 0.417. The first kappa shape index (κ1) is 28.5. The standard InChI is InChI=1S/C24H32ClFN4O4S/c1-5-6-15-27-24(32)18(2)29(16-19-7-9-20(25)10-8-19)23(31)17-30(35(33,34)28(3)4)22-13-11-21(26)12-14-22/h7-14,18H,5-6,15-17H2,1-4H3,(H,27,32)/t18-/m1/s1. The zero-order chi connectivity index (χ0) is 26.2. The van der Waals surface area contributed by atoms with Crippen molar-refractivity contribution < 1.29 is 22.4 Å². The predicted octanol–water partition coefficient (Wildman–Crippen LogP) is 3.43. The number of hydrogen-bond acceptors (Lipinski definition) is 4. The fourth-order valence-electron chi connectivity index (χ4n) is 3.23. The molecule has 0 fully saturated rings. The van der Waals surface area contributed by atoms with Crippen LogP contribution < -0.4 is 9.62 Å². The highest BCUT2D eigenvalue weighted by molar-refractivity contribution is 7.90. The second kappa shape index (κ2) is 12.9. The van der Waals surface area contributed by atoms with E-state index in [4.69, 9.17) is 11.6 Å². The maximum absolute atomic E-state index is 13.5. The minimum absolute atomic E-state index is 0.0671. The number of hydrogen-bond donors (Lipinski definition) is 1. The molecule has 2 amide bonds. The average Bonchev–Trinajstić information content (AvgIpc) is 2.82. The van der Waals surface area contributed by atoms with Crippen LogP contribution in [-0.2, 0) is 26.3 Å². The van der Waals surface area contributed by atoms with Crippen LogP contribution in [0.1, 0.15) is 32.3 Å². The van der Waals surface area contributed by atoms with Gasteiger partial charge in [0, 0.05) is 32.2 Å². The van der Waals surface area contributed by atoms with Crippen LogP contribution in [-0.4, -0.2) is 62.7 Å². The number of anilines is 1. The number of carbonyl (C=O) groups excluding carboxylic acids is 2. The predicted molar refractivity (Wildman–Crippen MR) is 136 cm³/mol. The Hall–Kier alpha value is -2.69. The topological polar surface area (TPSA) is 90.0 Å². The van der Waals surface area contributed by atoms with Crippen LogP contribution in [0.15, 0.2) is 48.5 Å². The van der Waals surface area contributed by atoms with E-state index in [-0.39, 0.29) is 18.1 Å². The minimum atomic E-state index is -4.10. The molecule has 8 nitrogen and oxygen atoms in total. The van der Waals surface area contributed by atoms with Crippen molar-refractivity contribution in [2.24, 2.45) is 0 Å². The number of benzene rings is 2. The Morgan fingerprint density at radius 3 is 2.20 bits per heavy atom. The van der Waals surface area contributed by atoms with Gasteiger partial charge >= 0.3 is 10.2 Å². The van der Waals surface area contributed by atoms with E-state index in [2.05, 4.69) is 5.32 Å². The molecule has 2 aromatic carbocycles. The van der Waals surface area contributed by atoms with Crippen molar-refractivity contribution in [2.75, 3.05) is 31.5 Å². The van der Waals surface area contributed by atoms with E-state index in [9.17, 15) is 22.4 Å². The molecule has 0 aliphatic heterocycles. The maximum atomic E-state index is 13.5. The highest BCUT2D eigenvalue weighted by atomic mass is 35.5. The van der Waals surface area contributed by atoms with Crippen molar-refractivity contribution in [1.29, 1.82) is 0 Å². The highest BCUT2D eigenvalue weighted by Crippen LogP contribution is 2.21. The monoisotopic (exact) mass is 526 g/mol. The van der Waals surface area contributed by atoms with E-state index in [1.807, 2.05) is 6.92 Å². The van der Waals surface area contributed by atoms with Crippen LogP contribution in [0.3, 0.4) is 0 Å². The molecule has 0 saturated heterocycles. The summed E-state index contributed by atoms with van der Waals surface area (Å²) in [7, 11) is -1.42. The third-order valence-electron chi connectivity index (χ3n) is 5.40. The molecule has 35 heavy (non-hydrogen) atoms. The van der Waals surface area contributed by atoms with Gasteiger partial charge in [0.15, 0.2) is 0 Å². The molecule has 0 aliphatic carbocycles. The average molecular weight is 527 g/mol. The largest absolute Gasteiger partial charge is 0.354 e. The van der Waals surface area contributed by atoms with Gasteiger partial charge in [-0.1, -0.05) is 37.1 Å². The molecule has 2 rings (SSSR count). The molecule has 0 radical (unpaired) electrons. The lowest BCUT2D eigenvalue weighted by molar-refractivity contribution is -0.139. The van der Waals surface area contributed by atoms with Gasteiger partial charge < -0.3 is 10.2 Å². The molecule has 0 spiro atoms. The maximum Gasteiger partial charge on any atom is 0.304 e. The molecule has 1 atom stereocenters. The van der Waals surface area contributed by atoms with Crippen molar-refractivity contribution in [1.82, 2.24) is 14.5 Å². The fourth-order valence-corrected chi connectivity index (χ4v) is 4.41. The molecular formula is C24H32ClFN4O4S. The van der Waals surface area contributed by atoms with Gasteiger partial charge in [-0.05, 0) is 55.3 Å². The molecule has 0 aliphatic rings. The molecule has 11 heteroatoms. The van der Waals surface area contributed by atoms with E-state index in [1.54, 1.807) is 31.2 Å². The number of unbranched alkanes of at least 4 members (excludes halogenated alkanes) is 1. The number of rotatable bonds is 12. The van der Waals surface area contributed by atoms with Crippen LogP contribution in [0.4, 0.5) is 10.1 Å². The summed E-state index contributed by atoms with van der Waals surface area (Å²) in [4.78, 5) is 27.7. The quantitative estimate of drug-likeness (QED) is 0.429. The summed E-state index contributed by atoms with van der Waals surface area (Å²) in [6, 6.07) is 10.8. The summed E-state index contributed by atoms with van der Waals surface area (Å²) in [6.07, 6.45) is 1.69. The van der Waals surface area contributed by atoms with Gasteiger partial charge in [-0.2, -0.15) is 12.7 Å². The summed E-state index contributed by atoms with van der Waals surface area (Å²) >= 11 is 5.97. The van der Waals surface area contributed by atoms with Gasteiger partial charge in [-0.3, -0.25) is 9.59 Å². The van der Waals surface area contributed by atoms with Crippen LogP contribution in [0.2, 0.25) is 5.02 Å². The number of carbonyl (C=O) groups is 2. The first-order chi connectivity index (χ1) is 16.5. The summed E-state index contributed by atoms with van der Waals surface area (Å²) in [5.41, 5.74) is 0.847. The Labute approximate surface area is 211 Å². The molecular weight excluding hydrogens is 495 g/mol. The van der Waals surface area contributed by atoms with Gasteiger partial charge in [0.1, 0.15) is 18.4 Å². The third kappa shape index (κ3) is 7.91. The van der Waals surface area contributed by atoms with Crippen LogP contribution in [0.25, 0.3) is 0 Å². The summed E-state index contributed by atoms with van der Waals surface area (Å²) < 4.78 is 41.4. The Kier molecular flexibility index (Phi) is 10.5. The lowest BCUT2D eigenvalue weighted by atomic mass is 10.1. The molecule has 1 N–H and O–H groups in total. The first-order valence-corrected chi connectivity index (χ1v) is 13.0. The van der Waals surface area contributed by atoms with E-state index < -0.39 is 34.5 Å². The van der Waals surface area contributed by atoms with Gasteiger partial charge in [0.25, 0.3) is 0 Å². The Morgan fingerprint density at radius 1 is 1.06 bits per heavy atom. The van der Waals surface area contributed by atoms with Gasteiger partial charge in [0.05, 0.1) is 5.69 Å². The Balaban J connectivity index is 2.39. The first-order valence-electron chi connectivity index (χ1n) is 11.2. The molecule has 0 unspecified atom stereocenters. The van der Waals surface area contributed by atoms with Crippen molar-refractivity contribution >= 4 is 39.3 Å². The Bertz CT molecular complexity index is 1100. The number of amides is 2. The number of halogens is 2. The molecule has 2 aromatic rings. The van der Waals surface area contributed by atoms with Crippen LogP contribution >= 0.6 is 11.6 Å². The normalized spacial score (nSPS) is 12.3. The van der Waals surface area contributed by atoms with Gasteiger partial charge in [0.2, 0.25) is 11.8 Å². The van der Waals surface area contributed by atoms with E-state index >= 15 is 0 Å². The lowest BCUT2D eigenvalue weighted by Gasteiger charge is -2.32. The van der Waals surface area contributed by atoms with Gasteiger partial charge in [-0.15, -0.1) is 0 Å². The second-order valence-corrected chi connectivity index (χ2v) is 10.7. The summed E-state index contributed by atoms with van der Waals surface area (Å²) in [5.74, 6) is -1.47. The van der Waals surface area contributed by atoms with Crippen LogP contribution in [0.5, 0.6) is 0 Å². The zero-order valence-corrected chi connectivity index (χ0v) is 21.9. The summed E-state index contributed by atoms with van der Waals surface area (Å²) in [5, 5.41) is 3.34. The van der Waals surface area contributed by atoms with Crippen molar-refractivity contribution in [3.8, 4) is 0 Å². The molecule has 0 bridgehead atoms. The van der Waals surface area contributed by atoms with Crippen LogP contribution in [0, 0.1) is 5.82 Å². The molecule has 0 aromatic heterocycles. The van der Waals surface area contributed by atoms with Gasteiger partial charge in [-0.25, -0.2) is 8.70 Å². The molecule has 192 valence electrons. The van der Waals surface area contributed by atoms with Crippen molar-refractivity contribution in [3.63, 3.8) is 0 Å². The second-order valence-electron chi connectivity index (χ2n) is 8.24. The summed E-state index contributed by atoms with van der Waals surface area (Å²) in [6.45, 7) is 3.56. The number of nitrogens with zero attached hydrogens (tertiary/aromatic N) is 3. The molecule has 0 heterocycles. The third-order valence-corrected chi connectivity index (χ3v) is 7.47. The lowest BCUT2D eigenvalue weighted by Crippen LogP contribution is -2.52. The molecule has 0 saturated carbocycles. The minimum Gasteiger partial charge on any atom is -0.354 e. The zero-order valence-electron chi connectivity index (χ0n) is 20.4. The van der Waals surface area contributed by atoms with E-state index in [0.717, 1.165) is 39.1 Å². The SMILES string of the molecule is CCCCNC(=O)[C@@H](C)N(Cc1ccc(Cl)cc1)C(=O)CN(c1ccc(F)cc1)S(=O)(=O)N(C)C. The smallest absolute Gasteiger partial charge is 0.304 e. The van der Waals surface area contributed by atoms with Crippen molar-refractivity contribution in [2.45, 2.75) is 39.3 Å². The van der Waals surface area contributed by atoms with Crippen molar-refractivity contribution in [3.05, 3.63) is 64.9 Å². The highest BCUT2D eigenvalue weighted by Gasteiger charge is 2.32. The van der Waals surface area contributed by atoms with E-state index in [0.29, 0.717) is 11.6 Å². The van der Waals surface area contributed by atoms with E-state index in [1.165, 1.54) is 31.1 Å².